The maximum Gasteiger partial charge on any atom is 0.159 e. The first-order valence-corrected chi connectivity index (χ1v) is 28.0. The van der Waals surface area contributed by atoms with E-state index in [4.69, 9.17) is 4.42 Å². The van der Waals surface area contributed by atoms with E-state index < -0.39 is 0 Å². The number of hydrogen-bond donors (Lipinski definition) is 0. The fourth-order valence-corrected chi connectivity index (χ4v) is 15.8. The van der Waals surface area contributed by atoms with E-state index in [2.05, 4.69) is 260 Å². The number of furan rings is 1. The third-order valence-electron chi connectivity index (χ3n) is 19.8. The molecule has 4 aliphatic rings. The first-order chi connectivity index (χ1) is 37.7. The highest BCUT2D eigenvalue weighted by Crippen LogP contribution is 2.63. The lowest BCUT2D eigenvalue weighted by atomic mass is 9.79. The summed E-state index contributed by atoms with van der Waals surface area (Å²) in [6.45, 7) is 19.5. The van der Waals surface area contributed by atoms with Crippen molar-refractivity contribution in [3.8, 4) is 44.5 Å². The zero-order valence-corrected chi connectivity index (χ0v) is 45.4. The van der Waals surface area contributed by atoms with Gasteiger partial charge in [0, 0.05) is 43.2 Å². The quantitative estimate of drug-likeness (QED) is 0.175. The highest BCUT2D eigenvalue weighted by Gasteiger charge is 2.46. The van der Waals surface area contributed by atoms with E-state index in [9.17, 15) is 0 Å². The summed E-state index contributed by atoms with van der Waals surface area (Å²) in [7, 11) is 0. The van der Waals surface area contributed by atoms with Gasteiger partial charge in [0.2, 0.25) is 0 Å². The minimum absolute atomic E-state index is 0.161. The van der Waals surface area contributed by atoms with E-state index >= 15 is 0 Å². The molecule has 12 aromatic carbocycles. The van der Waals surface area contributed by atoms with Crippen LogP contribution in [0.15, 0.2) is 205 Å². The second-order valence-corrected chi connectivity index (χ2v) is 25.1. The van der Waals surface area contributed by atoms with Gasteiger partial charge in [0.25, 0.3) is 0 Å². The average Bonchev–Trinajstić information content (AvgIpc) is 4.28. The molecular weight excluding hydrogens is 943 g/mol. The van der Waals surface area contributed by atoms with Crippen LogP contribution >= 0.6 is 0 Å². The molecule has 13 aromatic rings. The predicted molar refractivity (Wildman–Crippen MR) is 329 cm³/mol. The maximum atomic E-state index is 7.11. The van der Waals surface area contributed by atoms with Gasteiger partial charge in [-0.1, -0.05) is 207 Å². The molecule has 0 N–H and O–H groups in total. The Hall–Kier alpha value is -8.72. The minimum Gasteiger partial charge on any atom is -0.454 e. The number of fused-ring (bicyclic) bond motifs is 23. The highest BCUT2D eigenvalue weighted by molar-refractivity contribution is 6.18. The van der Waals surface area contributed by atoms with Gasteiger partial charge in [-0.3, -0.25) is 0 Å². The zero-order chi connectivity index (χ0) is 52.5. The van der Waals surface area contributed by atoms with E-state index in [1.165, 1.54) is 132 Å². The Balaban J connectivity index is 0.938. The summed E-state index contributed by atoms with van der Waals surface area (Å²) in [5, 5.41) is 12.4. The van der Waals surface area contributed by atoms with Crippen molar-refractivity contribution in [2.75, 3.05) is 4.90 Å². The van der Waals surface area contributed by atoms with Gasteiger partial charge in [-0.25, -0.2) is 0 Å². The Labute approximate surface area is 455 Å². The van der Waals surface area contributed by atoms with E-state index in [0.29, 0.717) is 0 Å². The lowest BCUT2D eigenvalue weighted by Gasteiger charge is -2.32. The molecule has 0 radical (unpaired) electrons. The number of para-hydroxylation sites is 2. The molecule has 2 nitrogen and oxygen atoms in total. The van der Waals surface area contributed by atoms with Crippen LogP contribution in [0.5, 0.6) is 0 Å². The summed E-state index contributed by atoms with van der Waals surface area (Å²) < 4.78 is 7.11. The summed E-state index contributed by atoms with van der Waals surface area (Å²) in [4.78, 5) is 2.59. The number of benzene rings is 12. The highest BCUT2D eigenvalue weighted by atomic mass is 16.3. The standard InChI is InChI=1S/C76H57NO/c1-73(2)56-34-32-42-20-9-11-22-44(42)68(56)52-36-60-54(38-58(52)73)70-49-27-15-13-24-46(49)65(40-62(70)75(60,5)6)77(64-30-19-29-51-48-26-17-18-31-67(48)78-72(51)64)66-41-63-71(50-28-16-14-25-47(50)66)55-39-59-53(37-61(55)76(63,7)8)69-45-23-12-10-21-43(45)33-35-57(69)74(59,3)4/h9-41H,1-8H3. The molecule has 372 valence electrons. The number of hydrogen-bond acceptors (Lipinski definition) is 2. The molecule has 1 heterocycles. The van der Waals surface area contributed by atoms with Crippen molar-refractivity contribution in [1.82, 2.24) is 0 Å². The van der Waals surface area contributed by atoms with Gasteiger partial charge < -0.3 is 9.32 Å². The largest absolute Gasteiger partial charge is 0.454 e. The lowest BCUT2D eigenvalue weighted by Crippen LogP contribution is -2.19. The van der Waals surface area contributed by atoms with Crippen LogP contribution in [0, 0.1) is 0 Å². The van der Waals surface area contributed by atoms with Gasteiger partial charge in [-0.2, -0.15) is 0 Å². The Kier molecular flexibility index (Phi) is 8.34. The number of nitrogens with zero attached hydrogens (tertiary/aromatic N) is 1. The van der Waals surface area contributed by atoms with Crippen LogP contribution in [0.25, 0.3) is 110 Å². The molecule has 0 saturated carbocycles. The van der Waals surface area contributed by atoms with Crippen molar-refractivity contribution in [3.63, 3.8) is 0 Å². The molecule has 0 amide bonds. The van der Waals surface area contributed by atoms with Gasteiger partial charge in [0.05, 0.1) is 17.1 Å². The summed E-state index contributed by atoms with van der Waals surface area (Å²) in [5.74, 6) is 0. The Morgan fingerprint density at radius 1 is 0.269 bits per heavy atom. The molecular formula is C76H57NO. The van der Waals surface area contributed by atoms with Gasteiger partial charge in [0.1, 0.15) is 5.58 Å². The van der Waals surface area contributed by atoms with Crippen molar-refractivity contribution in [1.29, 1.82) is 0 Å². The van der Waals surface area contributed by atoms with Crippen LogP contribution in [0.1, 0.15) is 99.9 Å². The first kappa shape index (κ1) is 44.4. The van der Waals surface area contributed by atoms with Crippen LogP contribution in [-0.2, 0) is 21.7 Å². The lowest BCUT2D eigenvalue weighted by molar-refractivity contribution is 0.652. The van der Waals surface area contributed by atoms with Gasteiger partial charge in [-0.05, 0) is 170 Å². The monoisotopic (exact) mass is 999 g/mol. The SMILES string of the molecule is CC1(C)c2cc3c(cc2-c2c1ccc1ccccc21)C(C)(C)c1cc(N(c2cc4c(c5ccccc25)-c2cc5c(cc2C4(C)C)-c2c(ccc4ccccc24)C5(C)C)c2cccc4c2oc2ccccc24)c2ccccc2c1-3. The molecule has 2 heteroatoms. The van der Waals surface area contributed by atoms with Crippen LogP contribution in [0.4, 0.5) is 17.1 Å². The molecule has 0 unspecified atom stereocenters. The number of rotatable bonds is 3. The van der Waals surface area contributed by atoms with Gasteiger partial charge >= 0.3 is 0 Å². The van der Waals surface area contributed by atoms with Crippen molar-refractivity contribution in [2.24, 2.45) is 0 Å². The van der Waals surface area contributed by atoms with Crippen LogP contribution in [0.3, 0.4) is 0 Å². The predicted octanol–water partition coefficient (Wildman–Crippen LogP) is 20.9. The topological polar surface area (TPSA) is 16.4 Å². The Morgan fingerprint density at radius 2 is 0.628 bits per heavy atom. The first-order valence-electron chi connectivity index (χ1n) is 28.0. The average molecular weight is 1000 g/mol. The minimum atomic E-state index is -0.325. The molecule has 0 saturated heterocycles. The molecule has 1 aromatic heterocycles. The second kappa shape index (κ2) is 14.6. The van der Waals surface area contributed by atoms with Crippen molar-refractivity contribution in [3.05, 3.63) is 245 Å². The van der Waals surface area contributed by atoms with Crippen molar-refractivity contribution >= 4 is 82.1 Å². The van der Waals surface area contributed by atoms with E-state index in [-0.39, 0.29) is 21.7 Å². The van der Waals surface area contributed by atoms with E-state index in [1.807, 2.05) is 0 Å². The molecule has 78 heavy (non-hydrogen) atoms. The van der Waals surface area contributed by atoms with Crippen LogP contribution < -0.4 is 4.90 Å². The third kappa shape index (κ3) is 5.38. The zero-order valence-electron chi connectivity index (χ0n) is 45.4. The number of anilines is 3. The van der Waals surface area contributed by atoms with Gasteiger partial charge in [0.15, 0.2) is 5.58 Å². The van der Waals surface area contributed by atoms with Crippen molar-refractivity contribution < 1.29 is 4.42 Å². The summed E-state index contributed by atoms with van der Waals surface area (Å²) in [6.07, 6.45) is 0. The molecule has 0 fully saturated rings. The van der Waals surface area contributed by atoms with E-state index in [1.54, 1.807) is 0 Å². The fourth-order valence-electron chi connectivity index (χ4n) is 15.8. The molecule has 4 aliphatic carbocycles. The summed E-state index contributed by atoms with van der Waals surface area (Å²) >= 11 is 0. The normalized spacial score (nSPS) is 16.1. The summed E-state index contributed by atoms with van der Waals surface area (Å²) in [6, 6.07) is 76.4. The molecule has 17 rings (SSSR count). The third-order valence-corrected chi connectivity index (χ3v) is 19.8. The molecule has 0 bridgehead atoms. The summed E-state index contributed by atoms with van der Waals surface area (Å²) in [5.41, 5.74) is 26.1. The Morgan fingerprint density at radius 3 is 1.09 bits per heavy atom. The maximum absolute atomic E-state index is 7.11. The molecule has 0 aliphatic heterocycles. The fraction of sp³-hybridized carbons (Fsp3) is 0.158. The smallest absolute Gasteiger partial charge is 0.159 e. The van der Waals surface area contributed by atoms with Crippen LogP contribution in [-0.4, -0.2) is 0 Å². The molecule has 0 spiro atoms. The van der Waals surface area contributed by atoms with Gasteiger partial charge in [-0.15, -0.1) is 0 Å². The van der Waals surface area contributed by atoms with Crippen molar-refractivity contribution in [2.45, 2.75) is 77.0 Å². The van der Waals surface area contributed by atoms with Crippen LogP contribution in [0.2, 0.25) is 0 Å². The Bertz CT molecular complexity index is 4660. The molecule has 0 atom stereocenters. The van der Waals surface area contributed by atoms with E-state index in [0.717, 1.165) is 39.0 Å². The second-order valence-electron chi connectivity index (χ2n) is 25.1.